The molecular weight excluding hydrogens is 272 g/mol. The maximum atomic E-state index is 12.2. The molecule has 0 saturated heterocycles. The Morgan fingerprint density at radius 3 is 2.67 bits per heavy atom. The predicted octanol–water partition coefficient (Wildman–Crippen LogP) is 2.50. The number of nitrogens with zero attached hydrogens (tertiary/aromatic N) is 1. The van der Waals surface area contributed by atoms with Crippen LogP contribution in [0.4, 0.5) is 4.79 Å². The Bertz CT molecular complexity index is 445. The number of carboxylic acids is 1. The summed E-state index contributed by atoms with van der Waals surface area (Å²) in [6.07, 6.45) is 3.10. The third-order valence-electron chi connectivity index (χ3n) is 3.38. The molecule has 1 rings (SSSR count). The van der Waals surface area contributed by atoms with Gasteiger partial charge in [0, 0.05) is 25.0 Å². The van der Waals surface area contributed by atoms with Crippen LogP contribution >= 0.6 is 0 Å². The standard InChI is InChI=1S/C15H24N2O4/c1-4-17(12(3)10-14(18)19)15(20)16-11(2)7-8-13-6-5-9-21-13/h5-6,9,11-12H,4,7-8,10H2,1-3H3,(H,16,20)(H,18,19). The third-order valence-corrected chi connectivity index (χ3v) is 3.38. The summed E-state index contributed by atoms with van der Waals surface area (Å²) < 4.78 is 5.25. The van der Waals surface area contributed by atoms with Gasteiger partial charge in [0.1, 0.15) is 5.76 Å². The summed E-state index contributed by atoms with van der Waals surface area (Å²) in [4.78, 5) is 24.4. The summed E-state index contributed by atoms with van der Waals surface area (Å²) in [7, 11) is 0. The van der Waals surface area contributed by atoms with Crippen molar-refractivity contribution in [1.29, 1.82) is 0 Å². The van der Waals surface area contributed by atoms with Crippen LogP contribution in [0.1, 0.15) is 39.4 Å². The molecule has 0 aliphatic carbocycles. The SMILES string of the molecule is CCN(C(=O)NC(C)CCc1ccco1)C(C)CC(=O)O. The van der Waals surface area contributed by atoms with E-state index in [0.29, 0.717) is 6.54 Å². The molecule has 2 amide bonds. The number of carbonyl (C=O) groups excluding carboxylic acids is 1. The highest BCUT2D eigenvalue weighted by Crippen LogP contribution is 2.08. The van der Waals surface area contributed by atoms with Crippen molar-refractivity contribution in [2.24, 2.45) is 0 Å². The van der Waals surface area contributed by atoms with Crippen molar-refractivity contribution in [2.75, 3.05) is 6.54 Å². The molecular formula is C15H24N2O4. The Kier molecular flexibility index (Phi) is 6.78. The van der Waals surface area contributed by atoms with Gasteiger partial charge < -0.3 is 19.7 Å². The number of hydrogen-bond donors (Lipinski definition) is 2. The average Bonchev–Trinajstić information content (AvgIpc) is 2.89. The van der Waals surface area contributed by atoms with E-state index in [1.165, 1.54) is 4.90 Å². The summed E-state index contributed by atoms with van der Waals surface area (Å²) >= 11 is 0. The van der Waals surface area contributed by atoms with Gasteiger partial charge in [0.05, 0.1) is 12.7 Å². The van der Waals surface area contributed by atoms with E-state index in [2.05, 4.69) is 5.32 Å². The second-order valence-corrected chi connectivity index (χ2v) is 5.20. The maximum absolute atomic E-state index is 12.2. The maximum Gasteiger partial charge on any atom is 0.317 e. The van der Waals surface area contributed by atoms with Gasteiger partial charge in [0.25, 0.3) is 0 Å². The average molecular weight is 296 g/mol. The van der Waals surface area contributed by atoms with Crippen molar-refractivity contribution in [2.45, 2.75) is 52.1 Å². The number of carbonyl (C=O) groups is 2. The largest absolute Gasteiger partial charge is 0.481 e. The van der Waals surface area contributed by atoms with E-state index < -0.39 is 5.97 Å². The van der Waals surface area contributed by atoms with E-state index >= 15 is 0 Å². The van der Waals surface area contributed by atoms with Crippen LogP contribution in [0, 0.1) is 0 Å². The minimum atomic E-state index is -0.903. The molecule has 0 aromatic carbocycles. The van der Waals surface area contributed by atoms with Crippen LogP contribution in [0.2, 0.25) is 0 Å². The van der Waals surface area contributed by atoms with Crippen molar-refractivity contribution in [1.82, 2.24) is 10.2 Å². The molecule has 0 radical (unpaired) electrons. The zero-order chi connectivity index (χ0) is 15.8. The number of nitrogens with one attached hydrogen (secondary N) is 1. The number of carboxylic acid groups (broad SMARTS) is 1. The first-order chi connectivity index (χ1) is 9.93. The first-order valence-electron chi connectivity index (χ1n) is 7.25. The molecule has 0 bridgehead atoms. The number of amides is 2. The van der Waals surface area contributed by atoms with Gasteiger partial charge in [-0.05, 0) is 39.3 Å². The monoisotopic (exact) mass is 296 g/mol. The van der Waals surface area contributed by atoms with Crippen molar-refractivity contribution in [3.63, 3.8) is 0 Å². The molecule has 2 N–H and O–H groups in total. The minimum Gasteiger partial charge on any atom is -0.481 e. The van der Waals surface area contributed by atoms with E-state index in [9.17, 15) is 9.59 Å². The minimum absolute atomic E-state index is 0.00585. The lowest BCUT2D eigenvalue weighted by Gasteiger charge is -2.28. The zero-order valence-corrected chi connectivity index (χ0v) is 12.8. The Labute approximate surface area is 125 Å². The van der Waals surface area contributed by atoms with Gasteiger partial charge in [-0.1, -0.05) is 0 Å². The van der Waals surface area contributed by atoms with Crippen LogP contribution in [0.15, 0.2) is 22.8 Å². The van der Waals surface area contributed by atoms with Crippen LogP contribution in [-0.4, -0.2) is 40.6 Å². The molecule has 0 spiro atoms. The van der Waals surface area contributed by atoms with Gasteiger partial charge in [-0.2, -0.15) is 0 Å². The van der Waals surface area contributed by atoms with Crippen molar-refractivity contribution in [3.05, 3.63) is 24.2 Å². The molecule has 118 valence electrons. The molecule has 2 atom stereocenters. The summed E-state index contributed by atoms with van der Waals surface area (Å²) in [5, 5.41) is 11.7. The third kappa shape index (κ3) is 5.89. The fourth-order valence-corrected chi connectivity index (χ4v) is 2.20. The molecule has 2 unspecified atom stereocenters. The Hall–Kier alpha value is -1.98. The van der Waals surface area contributed by atoms with Crippen molar-refractivity contribution >= 4 is 12.0 Å². The highest BCUT2D eigenvalue weighted by Gasteiger charge is 2.21. The Balaban J connectivity index is 2.43. The van der Waals surface area contributed by atoms with Gasteiger partial charge in [-0.3, -0.25) is 4.79 Å². The van der Waals surface area contributed by atoms with Crippen LogP contribution in [0.5, 0.6) is 0 Å². The molecule has 1 aromatic rings. The highest BCUT2D eigenvalue weighted by atomic mass is 16.4. The first-order valence-corrected chi connectivity index (χ1v) is 7.25. The second kappa shape index (κ2) is 8.34. The summed E-state index contributed by atoms with van der Waals surface area (Å²) in [6, 6.07) is 3.18. The molecule has 0 saturated carbocycles. The predicted molar refractivity (Wildman–Crippen MR) is 79.1 cm³/mol. The Morgan fingerprint density at radius 2 is 2.14 bits per heavy atom. The van der Waals surface area contributed by atoms with Gasteiger partial charge >= 0.3 is 12.0 Å². The molecule has 21 heavy (non-hydrogen) atoms. The van der Waals surface area contributed by atoms with Crippen LogP contribution in [0.25, 0.3) is 0 Å². The molecule has 0 aliphatic heterocycles. The highest BCUT2D eigenvalue weighted by molar-refractivity contribution is 5.76. The summed E-state index contributed by atoms with van der Waals surface area (Å²) in [5.74, 6) is -0.0118. The van der Waals surface area contributed by atoms with E-state index in [1.54, 1.807) is 13.2 Å². The van der Waals surface area contributed by atoms with Crippen molar-refractivity contribution in [3.8, 4) is 0 Å². The lowest BCUT2D eigenvalue weighted by atomic mass is 10.1. The lowest BCUT2D eigenvalue weighted by molar-refractivity contribution is -0.138. The quantitative estimate of drug-likeness (QED) is 0.772. The lowest BCUT2D eigenvalue weighted by Crippen LogP contribution is -2.48. The summed E-state index contributed by atoms with van der Waals surface area (Å²) in [5.41, 5.74) is 0. The number of aliphatic carboxylic acids is 1. The second-order valence-electron chi connectivity index (χ2n) is 5.20. The van der Waals surface area contributed by atoms with E-state index in [1.807, 2.05) is 26.0 Å². The molecule has 1 aromatic heterocycles. The molecule has 0 fully saturated rings. The first kappa shape index (κ1) is 17.1. The molecule has 6 heteroatoms. The number of rotatable bonds is 8. The van der Waals surface area contributed by atoms with Crippen molar-refractivity contribution < 1.29 is 19.1 Å². The van der Waals surface area contributed by atoms with Gasteiger partial charge in [-0.25, -0.2) is 4.79 Å². The Morgan fingerprint density at radius 1 is 1.43 bits per heavy atom. The van der Waals surface area contributed by atoms with Crippen LogP contribution in [0.3, 0.4) is 0 Å². The van der Waals surface area contributed by atoms with Crippen LogP contribution in [-0.2, 0) is 11.2 Å². The number of furan rings is 1. The number of aryl methyl sites for hydroxylation is 1. The number of hydrogen-bond acceptors (Lipinski definition) is 3. The van der Waals surface area contributed by atoms with E-state index in [0.717, 1.165) is 18.6 Å². The molecule has 1 heterocycles. The van der Waals surface area contributed by atoms with E-state index in [4.69, 9.17) is 9.52 Å². The zero-order valence-electron chi connectivity index (χ0n) is 12.8. The molecule has 6 nitrogen and oxygen atoms in total. The summed E-state index contributed by atoms with van der Waals surface area (Å²) in [6.45, 7) is 5.98. The van der Waals surface area contributed by atoms with E-state index in [-0.39, 0.29) is 24.5 Å². The smallest absolute Gasteiger partial charge is 0.317 e. The fraction of sp³-hybridized carbons (Fsp3) is 0.600. The van der Waals surface area contributed by atoms with Gasteiger partial charge in [-0.15, -0.1) is 0 Å². The normalized spacial score (nSPS) is 13.5. The van der Waals surface area contributed by atoms with Crippen LogP contribution < -0.4 is 5.32 Å². The van der Waals surface area contributed by atoms with Gasteiger partial charge in [0.15, 0.2) is 0 Å². The molecule has 0 aliphatic rings. The van der Waals surface area contributed by atoms with Gasteiger partial charge in [0.2, 0.25) is 0 Å². The number of urea groups is 1. The topological polar surface area (TPSA) is 82.8 Å². The fourth-order valence-electron chi connectivity index (χ4n) is 2.20.